The van der Waals surface area contributed by atoms with Gasteiger partial charge in [-0.05, 0) is 36.3 Å². The van der Waals surface area contributed by atoms with Gasteiger partial charge in [0.2, 0.25) is 0 Å². The van der Waals surface area contributed by atoms with E-state index in [1.54, 1.807) is 0 Å². The Labute approximate surface area is 124 Å². The molecule has 0 saturated heterocycles. The molecule has 0 spiro atoms. The van der Waals surface area contributed by atoms with Gasteiger partial charge in [-0.2, -0.15) is 0 Å². The molecule has 1 nitrogen and oxygen atoms in total. The van der Waals surface area contributed by atoms with Crippen molar-refractivity contribution in [2.75, 3.05) is 0 Å². The Kier molecular flexibility index (Phi) is 4.00. The Morgan fingerprint density at radius 1 is 0.850 bits per heavy atom. The van der Waals surface area contributed by atoms with Gasteiger partial charge >= 0.3 is 0 Å². The first-order chi connectivity index (χ1) is 9.33. The summed E-state index contributed by atoms with van der Waals surface area (Å²) in [5.74, 6) is 1.79. The minimum absolute atomic E-state index is 0.161. The zero-order valence-electron chi connectivity index (χ0n) is 14.1. The number of aromatic nitrogens is 1. The standard InChI is InChI=1S/C19H29N/c1-13(2)19(14(3)4,15(5)6)20-12-16(7)17-10-8-9-11-18(17)20/h8-15H,1-7H3. The van der Waals surface area contributed by atoms with Crippen LogP contribution in [0, 0.1) is 24.7 Å². The normalized spacial score (nSPS) is 13.1. The minimum Gasteiger partial charge on any atom is -0.340 e. The zero-order chi connectivity index (χ0) is 15.1. The van der Waals surface area contributed by atoms with Crippen molar-refractivity contribution >= 4 is 10.9 Å². The van der Waals surface area contributed by atoms with E-state index in [0.29, 0.717) is 17.8 Å². The van der Waals surface area contributed by atoms with Crippen LogP contribution in [-0.4, -0.2) is 4.57 Å². The fourth-order valence-corrected chi connectivity index (χ4v) is 4.50. The molecule has 1 heterocycles. The van der Waals surface area contributed by atoms with E-state index in [1.165, 1.54) is 16.5 Å². The molecule has 0 aliphatic carbocycles. The van der Waals surface area contributed by atoms with Crippen LogP contribution in [0.3, 0.4) is 0 Å². The number of fused-ring (bicyclic) bond motifs is 1. The molecule has 0 N–H and O–H groups in total. The third-order valence-electron chi connectivity index (χ3n) is 5.10. The molecule has 0 saturated carbocycles. The molecule has 0 aliphatic heterocycles. The quantitative estimate of drug-likeness (QED) is 0.681. The van der Waals surface area contributed by atoms with Crippen molar-refractivity contribution in [2.24, 2.45) is 17.8 Å². The van der Waals surface area contributed by atoms with Crippen molar-refractivity contribution < 1.29 is 0 Å². The van der Waals surface area contributed by atoms with Crippen LogP contribution >= 0.6 is 0 Å². The van der Waals surface area contributed by atoms with E-state index < -0.39 is 0 Å². The lowest BCUT2D eigenvalue weighted by Crippen LogP contribution is -2.48. The van der Waals surface area contributed by atoms with Gasteiger partial charge in [0.05, 0.1) is 5.54 Å². The SMILES string of the molecule is Cc1cn(C(C(C)C)(C(C)C)C(C)C)c2ccccc12. The highest BCUT2D eigenvalue weighted by molar-refractivity contribution is 5.84. The van der Waals surface area contributed by atoms with Crippen molar-refractivity contribution in [3.05, 3.63) is 36.0 Å². The molecule has 0 aliphatic rings. The summed E-state index contributed by atoms with van der Waals surface area (Å²) in [7, 11) is 0. The average molecular weight is 271 g/mol. The summed E-state index contributed by atoms with van der Waals surface area (Å²) >= 11 is 0. The zero-order valence-corrected chi connectivity index (χ0v) is 14.1. The monoisotopic (exact) mass is 271 g/mol. The van der Waals surface area contributed by atoms with Gasteiger partial charge in [0.15, 0.2) is 0 Å². The van der Waals surface area contributed by atoms with Crippen molar-refractivity contribution in [2.45, 2.75) is 54.0 Å². The number of aryl methyl sites for hydroxylation is 1. The molecule has 0 bridgehead atoms. The van der Waals surface area contributed by atoms with E-state index in [-0.39, 0.29) is 5.54 Å². The van der Waals surface area contributed by atoms with Gasteiger partial charge in [-0.25, -0.2) is 0 Å². The van der Waals surface area contributed by atoms with Crippen LogP contribution in [0.15, 0.2) is 30.5 Å². The second-order valence-electron chi connectivity index (χ2n) is 7.05. The fraction of sp³-hybridized carbons (Fsp3) is 0.579. The Balaban J connectivity index is 2.82. The highest BCUT2D eigenvalue weighted by atomic mass is 15.1. The Morgan fingerprint density at radius 3 is 1.85 bits per heavy atom. The van der Waals surface area contributed by atoms with Crippen molar-refractivity contribution in [1.29, 1.82) is 0 Å². The van der Waals surface area contributed by atoms with Crippen LogP contribution in [0.1, 0.15) is 47.1 Å². The molecule has 20 heavy (non-hydrogen) atoms. The van der Waals surface area contributed by atoms with E-state index in [4.69, 9.17) is 0 Å². The number of hydrogen-bond donors (Lipinski definition) is 0. The van der Waals surface area contributed by atoms with Crippen LogP contribution in [0.5, 0.6) is 0 Å². The van der Waals surface area contributed by atoms with Gasteiger partial charge in [-0.3, -0.25) is 0 Å². The number of hydrogen-bond acceptors (Lipinski definition) is 0. The minimum atomic E-state index is 0.161. The summed E-state index contributed by atoms with van der Waals surface area (Å²) in [5.41, 5.74) is 2.92. The third-order valence-corrected chi connectivity index (χ3v) is 5.10. The lowest BCUT2D eigenvalue weighted by Gasteiger charge is -2.47. The van der Waals surface area contributed by atoms with Gasteiger partial charge < -0.3 is 4.57 Å². The van der Waals surface area contributed by atoms with Crippen LogP contribution in [0.4, 0.5) is 0 Å². The first-order valence-corrected chi connectivity index (χ1v) is 7.90. The molecule has 110 valence electrons. The molecule has 2 aromatic rings. The van der Waals surface area contributed by atoms with E-state index in [9.17, 15) is 0 Å². The van der Waals surface area contributed by atoms with Crippen molar-refractivity contribution in [3.8, 4) is 0 Å². The molecule has 0 unspecified atom stereocenters. The number of benzene rings is 1. The summed E-state index contributed by atoms with van der Waals surface area (Å²) in [6, 6.07) is 8.81. The van der Waals surface area contributed by atoms with Gasteiger partial charge in [-0.1, -0.05) is 59.7 Å². The van der Waals surface area contributed by atoms with E-state index in [1.807, 2.05) is 0 Å². The first-order valence-electron chi connectivity index (χ1n) is 7.90. The molecule has 1 heteroatoms. The number of rotatable bonds is 4. The molecular weight excluding hydrogens is 242 g/mol. The average Bonchev–Trinajstić information content (AvgIpc) is 2.67. The second kappa shape index (κ2) is 5.27. The molecule has 2 rings (SSSR count). The highest BCUT2D eigenvalue weighted by Gasteiger charge is 2.42. The number of para-hydroxylation sites is 1. The largest absolute Gasteiger partial charge is 0.340 e. The van der Waals surface area contributed by atoms with Gasteiger partial charge in [-0.15, -0.1) is 0 Å². The van der Waals surface area contributed by atoms with Crippen LogP contribution in [-0.2, 0) is 5.54 Å². The topological polar surface area (TPSA) is 4.93 Å². The van der Waals surface area contributed by atoms with E-state index in [2.05, 4.69) is 83.5 Å². The van der Waals surface area contributed by atoms with Gasteiger partial charge in [0.25, 0.3) is 0 Å². The van der Waals surface area contributed by atoms with Crippen molar-refractivity contribution in [3.63, 3.8) is 0 Å². The van der Waals surface area contributed by atoms with E-state index in [0.717, 1.165) is 0 Å². The van der Waals surface area contributed by atoms with Crippen LogP contribution < -0.4 is 0 Å². The third kappa shape index (κ3) is 1.99. The maximum Gasteiger partial charge on any atom is 0.0514 e. The molecule has 1 aromatic heterocycles. The Hall–Kier alpha value is -1.24. The first kappa shape index (κ1) is 15.2. The summed E-state index contributed by atoms with van der Waals surface area (Å²) < 4.78 is 2.57. The van der Waals surface area contributed by atoms with Gasteiger partial charge in [0, 0.05) is 17.1 Å². The smallest absolute Gasteiger partial charge is 0.0514 e. The lowest BCUT2D eigenvalue weighted by molar-refractivity contribution is 0.0671. The Bertz CT molecular complexity index is 565. The molecule has 0 amide bonds. The predicted molar refractivity (Wildman–Crippen MR) is 89.2 cm³/mol. The summed E-state index contributed by atoms with van der Waals surface area (Å²) in [6.45, 7) is 16.4. The lowest BCUT2D eigenvalue weighted by atomic mass is 9.69. The number of nitrogens with zero attached hydrogens (tertiary/aromatic N) is 1. The summed E-state index contributed by atoms with van der Waals surface area (Å²) in [4.78, 5) is 0. The van der Waals surface area contributed by atoms with Crippen LogP contribution in [0.25, 0.3) is 10.9 Å². The maximum atomic E-state index is 2.57. The maximum absolute atomic E-state index is 2.57. The molecule has 0 fully saturated rings. The highest BCUT2D eigenvalue weighted by Crippen LogP contribution is 2.43. The fourth-order valence-electron chi connectivity index (χ4n) is 4.50. The second-order valence-corrected chi connectivity index (χ2v) is 7.05. The van der Waals surface area contributed by atoms with Crippen LogP contribution in [0.2, 0.25) is 0 Å². The Morgan fingerprint density at radius 2 is 1.35 bits per heavy atom. The molecular formula is C19H29N. The van der Waals surface area contributed by atoms with E-state index >= 15 is 0 Å². The predicted octanol–water partition coefficient (Wildman–Crippen LogP) is 5.61. The summed E-state index contributed by atoms with van der Waals surface area (Å²) in [5, 5.41) is 1.39. The molecule has 0 radical (unpaired) electrons. The van der Waals surface area contributed by atoms with Gasteiger partial charge in [0.1, 0.15) is 0 Å². The molecule has 0 atom stereocenters. The molecule has 1 aromatic carbocycles. The summed E-state index contributed by atoms with van der Waals surface area (Å²) in [6.07, 6.45) is 2.37. The van der Waals surface area contributed by atoms with Crippen molar-refractivity contribution in [1.82, 2.24) is 4.57 Å².